The molecule has 6 nitrogen and oxygen atoms in total. The number of anilines is 1. The van der Waals surface area contributed by atoms with Crippen molar-refractivity contribution in [3.05, 3.63) is 36.5 Å². The molecule has 1 amide bonds. The van der Waals surface area contributed by atoms with Crippen molar-refractivity contribution in [2.45, 2.75) is 33.1 Å². The molecule has 0 aliphatic carbocycles. The second kappa shape index (κ2) is 10.5. The van der Waals surface area contributed by atoms with Crippen LogP contribution in [0.15, 0.2) is 30.7 Å². The van der Waals surface area contributed by atoms with Gasteiger partial charge in [0, 0.05) is 25.0 Å². The first-order chi connectivity index (χ1) is 11.6. The minimum absolute atomic E-state index is 0. The van der Waals surface area contributed by atoms with E-state index in [1.54, 1.807) is 12.4 Å². The van der Waals surface area contributed by atoms with E-state index >= 15 is 0 Å². The van der Waals surface area contributed by atoms with E-state index in [-0.39, 0.29) is 30.7 Å². The number of hydrogen-bond donors (Lipinski definition) is 2. The minimum atomic E-state index is 0. The molecule has 0 radical (unpaired) electrons. The number of pyridine rings is 1. The van der Waals surface area contributed by atoms with E-state index in [1.165, 1.54) is 0 Å². The fourth-order valence-corrected chi connectivity index (χ4v) is 3.36. The topological polar surface area (TPSA) is 71.8 Å². The van der Waals surface area contributed by atoms with Gasteiger partial charge in [-0.3, -0.25) is 9.36 Å². The average Bonchev–Trinajstić information content (AvgIpc) is 3.02. The third-order valence-electron chi connectivity index (χ3n) is 4.81. The van der Waals surface area contributed by atoms with Crippen molar-refractivity contribution in [1.82, 2.24) is 19.9 Å². The highest BCUT2D eigenvalue weighted by Crippen LogP contribution is 2.25. The van der Waals surface area contributed by atoms with Gasteiger partial charge in [0.2, 0.25) is 5.91 Å². The zero-order chi connectivity index (χ0) is 16.9. The number of aromatic nitrogens is 3. The number of imidazole rings is 1. The monoisotopic (exact) mass is 399 g/mol. The van der Waals surface area contributed by atoms with Crippen LogP contribution in [0.5, 0.6) is 0 Å². The highest BCUT2D eigenvalue weighted by atomic mass is 35.5. The smallest absolute Gasteiger partial charge is 0.224 e. The standard InChI is InChI=1S/C18H25N5O.2ClH/c1-13(15-5-8-19-9-6-15)12-17(24)22-16-4-3-7-21-18(16)23-11-10-20-14(23)2;;/h3-4,7,10-11,13,15,19H,5-6,8-9,12H2,1-2H3,(H,22,24);2*1H. The van der Waals surface area contributed by atoms with Crippen LogP contribution in [0, 0.1) is 18.8 Å². The molecule has 1 aliphatic heterocycles. The average molecular weight is 400 g/mol. The highest BCUT2D eigenvalue weighted by molar-refractivity contribution is 5.92. The zero-order valence-electron chi connectivity index (χ0n) is 15.1. The number of carbonyl (C=O) groups excluding carboxylic acids is 1. The Morgan fingerprint density at radius 2 is 2.04 bits per heavy atom. The van der Waals surface area contributed by atoms with Crippen LogP contribution in [0.1, 0.15) is 32.0 Å². The number of carbonyl (C=O) groups is 1. The van der Waals surface area contributed by atoms with Crippen LogP contribution in [-0.4, -0.2) is 33.5 Å². The summed E-state index contributed by atoms with van der Waals surface area (Å²) in [4.78, 5) is 21.1. The number of amides is 1. The van der Waals surface area contributed by atoms with E-state index in [0.717, 1.165) is 37.4 Å². The molecule has 0 spiro atoms. The molecular formula is C18H27Cl2N5O. The maximum atomic E-state index is 12.5. The summed E-state index contributed by atoms with van der Waals surface area (Å²) < 4.78 is 1.88. The Hall–Kier alpha value is -1.63. The molecular weight excluding hydrogens is 373 g/mol. The summed E-state index contributed by atoms with van der Waals surface area (Å²) in [5.41, 5.74) is 0.723. The Kier molecular flexibility index (Phi) is 9.05. The van der Waals surface area contributed by atoms with Crippen LogP contribution in [0.2, 0.25) is 0 Å². The molecule has 0 aromatic carbocycles. The number of halogens is 2. The molecule has 8 heteroatoms. The van der Waals surface area contributed by atoms with Gasteiger partial charge in [-0.2, -0.15) is 0 Å². The molecule has 1 fully saturated rings. The van der Waals surface area contributed by atoms with E-state index in [0.29, 0.717) is 24.1 Å². The Morgan fingerprint density at radius 1 is 1.31 bits per heavy atom. The van der Waals surface area contributed by atoms with Crippen molar-refractivity contribution in [2.24, 2.45) is 11.8 Å². The molecule has 1 unspecified atom stereocenters. The van der Waals surface area contributed by atoms with Crippen molar-refractivity contribution in [2.75, 3.05) is 18.4 Å². The van der Waals surface area contributed by atoms with Crippen LogP contribution < -0.4 is 10.6 Å². The van der Waals surface area contributed by atoms with E-state index in [9.17, 15) is 4.79 Å². The molecule has 0 bridgehead atoms. The Balaban J connectivity index is 0.00000169. The van der Waals surface area contributed by atoms with Crippen molar-refractivity contribution >= 4 is 36.4 Å². The summed E-state index contributed by atoms with van der Waals surface area (Å²) in [6.45, 7) is 6.21. The van der Waals surface area contributed by atoms with Gasteiger partial charge < -0.3 is 10.6 Å². The summed E-state index contributed by atoms with van der Waals surface area (Å²) in [5.74, 6) is 2.61. The van der Waals surface area contributed by atoms with Crippen molar-refractivity contribution in [3.63, 3.8) is 0 Å². The Morgan fingerprint density at radius 3 is 2.69 bits per heavy atom. The largest absolute Gasteiger partial charge is 0.323 e. The van der Waals surface area contributed by atoms with E-state index in [2.05, 4.69) is 27.5 Å². The second-order valence-corrected chi connectivity index (χ2v) is 6.54. The van der Waals surface area contributed by atoms with Gasteiger partial charge in [0.15, 0.2) is 5.82 Å². The first-order valence-electron chi connectivity index (χ1n) is 8.61. The van der Waals surface area contributed by atoms with Crippen LogP contribution in [0.25, 0.3) is 5.82 Å². The van der Waals surface area contributed by atoms with Gasteiger partial charge in [-0.25, -0.2) is 9.97 Å². The third-order valence-corrected chi connectivity index (χ3v) is 4.81. The highest BCUT2D eigenvalue weighted by Gasteiger charge is 2.22. The second-order valence-electron chi connectivity index (χ2n) is 6.54. The molecule has 0 saturated carbocycles. The predicted molar refractivity (Wildman–Crippen MR) is 109 cm³/mol. The number of piperidine rings is 1. The fraction of sp³-hybridized carbons (Fsp3) is 0.500. The van der Waals surface area contributed by atoms with Gasteiger partial charge in [0.25, 0.3) is 0 Å². The number of nitrogens with zero attached hydrogens (tertiary/aromatic N) is 3. The predicted octanol–water partition coefficient (Wildman–Crippen LogP) is 3.38. The molecule has 2 aromatic heterocycles. The van der Waals surface area contributed by atoms with E-state index < -0.39 is 0 Å². The molecule has 3 rings (SSSR count). The van der Waals surface area contributed by atoms with Gasteiger partial charge in [-0.1, -0.05) is 6.92 Å². The molecule has 3 heterocycles. The van der Waals surface area contributed by atoms with Crippen molar-refractivity contribution in [3.8, 4) is 5.82 Å². The first kappa shape index (κ1) is 22.4. The lowest BCUT2D eigenvalue weighted by atomic mass is 9.84. The van der Waals surface area contributed by atoms with Gasteiger partial charge in [0.1, 0.15) is 5.82 Å². The van der Waals surface area contributed by atoms with Crippen molar-refractivity contribution in [1.29, 1.82) is 0 Å². The van der Waals surface area contributed by atoms with Crippen LogP contribution in [-0.2, 0) is 4.79 Å². The lowest BCUT2D eigenvalue weighted by molar-refractivity contribution is -0.117. The quantitative estimate of drug-likeness (QED) is 0.807. The maximum absolute atomic E-state index is 12.5. The maximum Gasteiger partial charge on any atom is 0.224 e. The number of nitrogens with one attached hydrogen (secondary N) is 2. The first-order valence-corrected chi connectivity index (χ1v) is 8.61. The minimum Gasteiger partial charge on any atom is -0.323 e. The molecule has 26 heavy (non-hydrogen) atoms. The van der Waals surface area contributed by atoms with Gasteiger partial charge >= 0.3 is 0 Å². The van der Waals surface area contributed by atoms with E-state index in [1.807, 2.05) is 29.8 Å². The van der Waals surface area contributed by atoms with Crippen LogP contribution in [0.4, 0.5) is 5.69 Å². The van der Waals surface area contributed by atoms with Gasteiger partial charge in [-0.15, -0.1) is 24.8 Å². The Bertz CT molecular complexity index is 700. The van der Waals surface area contributed by atoms with E-state index in [4.69, 9.17) is 0 Å². The lowest BCUT2D eigenvalue weighted by Gasteiger charge is -2.28. The summed E-state index contributed by atoms with van der Waals surface area (Å²) >= 11 is 0. The zero-order valence-corrected chi connectivity index (χ0v) is 16.8. The van der Waals surface area contributed by atoms with Gasteiger partial charge in [-0.05, 0) is 56.8 Å². The third kappa shape index (κ3) is 5.43. The molecule has 2 N–H and O–H groups in total. The Labute approximate surface area is 167 Å². The van der Waals surface area contributed by atoms with Gasteiger partial charge in [0.05, 0.1) is 5.69 Å². The SMILES string of the molecule is Cc1nccn1-c1ncccc1NC(=O)CC(C)C1CCNCC1.Cl.Cl. The molecule has 1 aliphatic rings. The lowest BCUT2D eigenvalue weighted by Crippen LogP contribution is -2.32. The molecule has 144 valence electrons. The normalized spacial score (nSPS) is 15.5. The number of hydrogen-bond acceptors (Lipinski definition) is 4. The summed E-state index contributed by atoms with van der Waals surface area (Å²) in [7, 11) is 0. The van der Waals surface area contributed by atoms with Crippen molar-refractivity contribution < 1.29 is 4.79 Å². The molecule has 1 saturated heterocycles. The molecule has 2 aromatic rings. The number of rotatable bonds is 5. The number of aryl methyl sites for hydroxylation is 1. The molecule has 1 atom stereocenters. The van der Waals surface area contributed by atoms with Crippen LogP contribution in [0.3, 0.4) is 0 Å². The summed E-state index contributed by atoms with van der Waals surface area (Å²) in [6, 6.07) is 3.72. The summed E-state index contributed by atoms with van der Waals surface area (Å²) in [5, 5.41) is 6.40. The fourth-order valence-electron chi connectivity index (χ4n) is 3.36. The summed E-state index contributed by atoms with van der Waals surface area (Å²) in [6.07, 6.45) is 8.16. The van der Waals surface area contributed by atoms with Crippen LogP contribution >= 0.6 is 24.8 Å².